The summed E-state index contributed by atoms with van der Waals surface area (Å²) >= 11 is 0. The quantitative estimate of drug-likeness (QED) is 0.342. The van der Waals surface area contributed by atoms with Crippen molar-refractivity contribution in [1.29, 1.82) is 0 Å². The lowest BCUT2D eigenvalue weighted by Crippen LogP contribution is -2.24. The Kier molecular flexibility index (Phi) is 9.56. The van der Waals surface area contributed by atoms with E-state index in [-0.39, 0.29) is 18.3 Å². The topological polar surface area (TPSA) is 98.0 Å². The standard InChI is InChI=1S/C19H34O5/c1-3-13(2)16(20)11-10-15-14(17(21)12-18(15)22)8-6-4-5-7-9-19(23)24/h3,14-18,20-22H,4-12H2,1-2H3,(H,23,24)/b13-3+/t14-,15-,16?,17+,18-/m1/s1. The molecule has 5 atom stereocenters. The summed E-state index contributed by atoms with van der Waals surface area (Å²) in [4.78, 5) is 10.5. The number of carbonyl (C=O) groups is 1. The first-order valence-corrected chi connectivity index (χ1v) is 9.25. The van der Waals surface area contributed by atoms with Crippen LogP contribution in [-0.4, -0.2) is 44.7 Å². The number of aliphatic carboxylic acids is 1. The van der Waals surface area contributed by atoms with Gasteiger partial charge in [0.25, 0.3) is 0 Å². The van der Waals surface area contributed by atoms with Gasteiger partial charge in [-0.25, -0.2) is 0 Å². The van der Waals surface area contributed by atoms with E-state index in [1.807, 2.05) is 19.9 Å². The maximum Gasteiger partial charge on any atom is 0.303 e. The van der Waals surface area contributed by atoms with E-state index in [4.69, 9.17) is 5.11 Å². The minimum Gasteiger partial charge on any atom is -0.481 e. The Hall–Kier alpha value is -0.910. The Morgan fingerprint density at radius 3 is 2.25 bits per heavy atom. The number of hydrogen-bond acceptors (Lipinski definition) is 4. The van der Waals surface area contributed by atoms with Gasteiger partial charge in [0.2, 0.25) is 0 Å². The first-order chi connectivity index (χ1) is 11.4. The average molecular weight is 342 g/mol. The van der Waals surface area contributed by atoms with Crippen LogP contribution in [0.2, 0.25) is 0 Å². The molecule has 24 heavy (non-hydrogen) atoms. The fourth-order valence-electron chi connectivity index (χ4n) is 3.76. The highest BCUT2D eigenvalue weighted by molar-refractivity contribution is 5.66. The second-order valence-electron chi connectivity index (χ2n) is 7.17. The number of aliphatic hydroxyl groups is 3. The van der Waals surface area contributed by atoms with Gasteiger partial charge < -0.3 is 20.4 Å². The number of carboxylic acid groups (broad SMARTS) is 1. The zero-order chi connectivity index (χ0) is 18.1. The molecule has 1 aliphatic carbocycles. The van der Waals surface area contributed by atoms with Crippen LogP contribution in [-0.2, 0) is 4.79 Å². The molecule has 1 aliphatic rings. The van der Waals surface area contributed by atoms with Gasteiger partial charge in [-0.2, -0.15) is 0 Å². The molecule has 0 radical (unpaired) electrons. The third-order valence-electron chi connectivity index (χ3n) is 5.45. The van der Waals surface area contributed by atoms with Crippen LogP contribution in [0.1, 0.15) is 71.6 Å². The Morgan fingerprint density at radius 2 is 1.67 bits per heavy atom. The molecule has 4 N–H and O–H groups in total. The van der Waals surface area contributed by atoms with Crippen molar-refractivity contribution >= 4 is 5.97 Å². The molecule has 0 aromatic heterocycles. The van der Waals surface area contributed by atoms with Crippen molar-refractivity contribution in [3.8, 4) is 0 Å². The molecule has 0 aromatic rings. The van der Waals surface area contributed by atoms with E-state index in [0.29, 0.717) is 25.7 Å². The zero-order valence-electron chi connectivity index (χ0n) is 15.0. The van der Waals surface area contributed by atoms with Crippen LogP contribution in [0.4, 0.5) is 0 Å². The monoisotopic (exact) mass is 342 g/mol. The summed E-state index contributed by atoms with van der Waals surface area (Å²) < 4.78 is 0. The van der Waals surface area contributed by atoms with Gasteiger partial charge in [0.1, 0.15) is 0 Å². The first kappa shape index (κ1) is 21.1. The van der Waals surface area contributed by atoms with Gasteiger partial charge in [0.05, 0.1) is 18.3 Å². The number of unbranched alkanes of at least 4 members (excludes halogenated alkanes) is 3. The van der Waals surface area contributed by atoms with Crippen molar-refractivity contribution in [2.75, 3.05) is 0 Å². The van der Waals surface area contributed by atoms with E-state index in [9.17, 15) is 20.1 Å². The van der Waals surface area contributed by atoms with Gasteiger partial charge in [0.15, 0.2) is 0 Å². The van der Waals surface area contributed by atoms with Crippen molar-refractivity contribution in [2.45, 2.75) is 89.9 Å². The smallest absolute Gasteiger partial charge is 0.303 e. The molecule has 5 heteroatoms. The first-order valence-electron chi connectivity index (χ1n) is 9.25. The van der Waals surface area contributed by atoms with E-state index in [1.165, 1.54) is 0 Å². The van der Waals surface area contributed by atoms with Crippen LogP contribution in [0.3, 0.4) is 0 Å². The highest BCUT2D eigenvalue weighted by Crippen LogP contribution is 2.39. The molecule has 0 spiro atoms. The predicted molar refractivity (Wildman–Crippen MR) is 93.6 cm³/mol. The molecule has 1 saturated carbocycles. The largest absolute Gasteiger partial charge is 0.481 e. The minimum absolute atomic E-state index is 0.0401. The van der Waals surface area contributed by atoms with Crippen molar-refractivity contribution in [1.82, 2.24) is 0 Å². The predicted octanol–water partition coefficient (Wildman–Crippen LogP) is 2.88. The van der Waals surface area contributed by atoms with Gasteiger partial charge >= 0.3 is 5.97 Å². The maximum atomic E-state index is 10.5. The average Bonchev–Trinajstić information content (AvgIpc) is 2.80. The van der Waals surface area contributed by atoms with Crippen LogP contribution in [0.25, 0.3) is 0 Å². The van der Waals surface area contributed by atoms with Gasteiger partial charge in [-0.15, -0.1) is 0 Å². The molecule has 0 aromatic carbocycles. The molecule has 140 valence electrons. The van der Waals surface area contributed by atoms with Crippen molar-refractivity contribution in [2.24, 2.45) is 11.8 Å². The fourth-order valence-corrected chi connectivity index (χ4v) is 3.76. The summed E-state index contributed by atoms with van der Waals surface area (Å²) in [6.07, 6.45) is 6.78. The summed E-state index contributed by atoms with van der Waals surface area (Å²) in [5.74, 6) is -0.629. The second kappa shape index (κ2) is 10.9. The second-order valence-corrected chi connectivity index (χ2v) is 7.17. The summed E-state index contributed by atoms with van der Waals surface area (Å²) in [6, 6.07) is 0. The molecule has 0 saturated heterocycles. The van der Waals surface area contributed by atoms with Gasteiger partial charge in [0, 0.05) is 6.42 Å². The van der Waals surface area contributed by atoms with E-state index < -0.39 is 24.3 Å². The summed E-state index contributed by atoms with van der Waals surface area (Å²) in [7, 11) is 0. The molecule has 0 aliphatic heterocycles. The van der Waals surface area contributed by atoms with E-state index in [0.717, 1.165) is 31.3 Å². The van der Waals surface area contributed by atoms with E-state index in [1.54, 1.807) is 0 Å². The van der Waals surface area contributed by atoms with Crippen LogP contribution in [0, 0.1) is 11.8 Å². The molecule has 1 fully saturated rings. The number of rotatable bonds is 11. The van der Waals surface area contributed by atoms with Gasteiger partial charge in [-0.1, -0.05) is 25.3 Å². The fraction of sp³-hybridized carbons (Fsp3) is 0.842. The van der Waals surface area contributed by atoms with E-state index in [2.05, 4.69) is 0 Å². The highest BCUT2D eigenvalue weighted by atomic mass is 16.4. The van der Waals surface area contributed by atoms with Crippen LogP contribution >= 0.6 is 0 Å². The number of hydrogen-bond donors (Lipinski definition) is 4. The Morgan fingerprint density at radius 1 is 1.08 bits per heavy atom. The lowest BCUT2D eigenvalue weighted by molar-refractivity contribution is -0.137. The van der Waals surface area contributed by atoms with Crippen molar-refractivity contribution in [3.05, 3.63) is 11.6 Å². The molecule has 1 unspecified atom stereocenters. The molecule has 0 amide bonds. The van der Waals surface area contributed by atoms with Gasteiger partial charge in [-0.3, -0.25) is 4.79 Å². The van der Waals surface area contributed by atoms with Crippen molar-refractivity contribution in [3.63, 3.8) is 0 Å². The highest BCUT2D eigenvalue weighted by Gasteiger charge is 2.40. The maximum absolute atomic E-state index is 10.5. The lowest BCUT2D eigenvalue weighted by atomic mass is 9.84. The third-order valence-corrected chi connectivity index (χ3v) is 5.45. The normalized spacial score (nSPS) is 29.0. The number of aliphatic hydroxyl groups excluding tert-OH is 3. The molecule has 0 heterocycles. The summed E-state index contributed by atoms with van der Waals surface area (Å²) in [5.41, 5.74) is 0.943. The van der Waals surface area contributed by atoms with Gasteiger partial charge in [-0.05, 0) is 63.4 Å². The third kappa shape index (κ3) is 6.91. The van der Waals surface area contributed by atoms with Crippen LogP contribution in [0.15, 0.2) is 11.6 Å². The molecule has 1 rings (SSSR count). The van der Waals surface area contributed by atoms with E-state index >= 15 is 0 Å². The van der Waals surface area contributed by atoms with Crippen molar-refractivity contribution < 1.29 is 25.2 Å². The minimum atomic E-state index is -0.751. The number of carboxylic acids is 1. The van der Waals surface area contributed by atoms with Crippen LogP contribution < -0.4 is 0 Å². The molecule has 5 nitrogen and oxygen atoms in total. The molecule has 0 bridgehead atoms. The molecular formula is C19H34O5. The molecular weight excluding hydrogens is 308 g/mol. The lowest BCUT2D eigenvalue weighted by Gasteiger charge is -2.24. The zero-order valence-corrected chi connectivity index (χ0v) is 15.0. The Balaban J connectivity index is 2.38. The summed E-state index contributed by atoms with van der Waals surface area (Å²) in [5, 5.41) is 39.1. The Labute approximate surface area is 145 Å². The van der Waals surface area contributed by atoms with Crippen LogP contribution in [0.5, 0.6) is 0 Å². The Bertz CT molecular complexity index is 407. The SMILES string of the molecule is C/C=C(\C)C(O)CC[C@@H]1[C@@H](CCCCCCC(=O)O)[C@@H](O)C[C@H]1O. The number of allylic oxidation sites excluding steroid dienone is 1. The summed E-state index contributed by atoms with van der Waals surface area (Å²) in [6.45, 7) is 3.80.